The predicted molar refractivity (Wildman–Crippen MR) is 89.4 cm³/mol. The van der Waals surface area contributed by atoms with E-state index >= 15 is 0 Å². The summed E-state index contributed by atoms with van der Waals surface area (Å²) < 4.78 is 2.29. The van der Waals surface area contributed by atoms with Gasteiger partial charge in [0.1, 0.15) is 0 Å². The minimum Gasteiger partial charge on any atom is -0.394 e. The summed E-state index contributed by atoms with van der Waals surface area (Å²) in [7, 11) is 0. The summed E-state index contributed by atoms with van der Waals surface area (Å²) in [6.45, 7) is 0.0663. The van der Waals surface area contributed by atoms with Gasteiger partial charge >= 0.3 is 0 Å². The average molecular weight is 348 g/mol. The maximum Gasteiger partial charge on any atom is 0.0759 e. The topological polar surface area (TPSA) is 32.3 Å². The third-order valence-electron chi connectivity index (χ3n) is 3.25. The van der Waals surface area contributed by atoms with Gasteiger partial charge in [-0.15, -0.1) is 11.3 Å². The van der Waals surface area contributed by atoms with Gasteiger partial charge in [-0.3, -0.25) is 0 Å². The number of benzene rings is 2. The second-order valence-corrected chi connectivity index (χ2v) is 6.40. The van der Waals surface area contributed by atoms with Crippen LogP contribution < -0.4 is 5.32 Å². The van der Waals surface area contributed by atoms with Crippen LogP contribution in [0.3, 0.4) is 0 Å². The van der Waals surface area contributed by atoms with Crippen molar-refractivity contribution in [3.05, 3.63) is 63.9 Å². The van der Waals surface area contributed by atoms with E-state index in [0.717, 1.165) is 15.7 Å². The van der Waals surface area contributed by atoms with E-state index in [1.807, 2.05) is 36.4 Å². The molecule has 1 unspecified atom stereocenters. The molecule has 0 spiro atoms. The molecular formula is C16H14BrNOS. The first kappa shape index (κ1) is 13.6. The molecule has 1 heterocycles. The number of thiophene rings is 1. The van der Waals surface area contributed by atoms with Crippen molar-refractivity contribution >= 4 is 43.0 Å². The maximum atomic E-state index is 9.71. The molecule has 0 saturated carbocycles. The van der Waals surface area contributed by atoms with E-state index in [0.29, 0.717) is 0 Å². The molecule has 2 aromatic carbocycles. The molecule has 2 nitrogen and oxygen atoms in total. The first-order valence-electron chi connectivity index (χ1n) is 6.37. The molecule has 0 saturated heterocycles. The van der Waals surface area contributed by atoms with Crippen LogP contribution in [0.1, 0.15) is 11.6 Å². The molecule has 0 fully saturated rings. The third-order valence-corrected chi connectivity index (χ3v) is 4.76. The number of nitrogens with one attached hydrogen (secondary N) is 1. The van der Waals surface area contributed by atoms with Crippen molar-refractivity contribution in [2.45, 2.75) is 6.04 Å². The number of rotatable bonds is 4. The zero-order chi connectivity index (χ0) is 13.9. The van der Waals surface area contributed by atoms with Gasteiger partial charge in [0, 0.05) is 14.9 Å². The third kappa shape index (κ3) is 2.73. The molecule has 4 heteroatoms. The van der Waals surface area contributed by atoms with Crippen LogP contribution in [0.2, 0.25) is 0 Å². The minimum absolute atomic E-state index is 0.0663. The van der Waals surface area contributed by atoms with Crippen LogP contribution >= 0.6 is 27.3 Å². The molecular weight excluding hydrogens is 334 g/mol. The van der Waals surface area contributed by atoms with Crippen LogP contribution in [-0.4, -0.2) is 11.7 Å². The highest BCUT2D eigenvalue weighted by Crippen LogP contribution is 2.32. The Bertz CT molecular complexity index is 708. The Morgan fingerprint density at radius 1 is 1.10 bits per heavy atom. The lowest BCUT2D eigenvalue weighted by Gasteiger charge is -2.17. The second-order valence-electron chi connectivity index (χ2n) is 4.57. The lowest BCUT2D eigenvalue weighted by molar-refractivity contribution is 0.277. The van der Waals surface area contributed by atoms with E-state index in [1.165, 1.54) is 10.1 Å². The number of hydrogen-bond acceptors (Lipinski definition) is 3. The lowest BCUT2D eigenvalue weighted by Crippen LogP contribution is -2.14. The van der Waals surface area contributed by atoms with Crippen LogP contribution in [0.15, 0.2) is 58.4 Å². The Labute approximate surface area is 130 Å². The number of halogens is 1. The summed E-state index contributed by atoms with van der Waals surface area (Å²) in [4.78, 5) is 0. The van der Waals surface area contributed by atoms with Crippen molar-refractivity contribution < 1.29 is 5.11 Å². The van der Waals surface area contributed by atoms with E-state index in [9.17, 15) is 5.11 Å². The molecule has 0 bridgehead atoms. The number of anilines is 1. The Balaban J connectivity index is 1.91. The molecule has 3 rings (SSSR count). The predicted octanol–water partition coefficient (Wildman–Crippen LogP) is 4.81. The number of aliphatic hydroxyl groups is 1. The van der Waals surface area contributed by atoms with Crippen LogP contribution in [0.5, 0.6) is 0 Å². The Morgan fingerprint density at radius 2 is 1.85 bits per heavy atom. The Kier molecular flexibility index (Phi) is 4.05. The van der Waals surface area contributed by atoms with E-state index < -0.39 is 0 Å². The summed E-state index contributed by atoms with van der Waals surface area (Å²) in [5.41, 5.74) is 2.15. The van der Waals surface area contributed by atoms with Gasteiger partial charge in [-0.1, -0.05) is 34.1 Å². The minimum atomic E-state index is -0.0904. The van der Waals surface area contributed by atoms with Crippen LogP contribution in [0, 0.1) is 0 Å². The van der Waals surface area contributed by atoms with E-state index in [4.69, 9.17) is 0 Å². The molecule has 0 aliphatic carbocycles. The van der Waals surface area contributed by atoms with Crippen molar-refractivity contribution in [1.29, 1.82) is 0 Å². The second kappa shape index (κ2) is 5.95. The highest BCUT2D eigenvalue weighted by atomic mass is 79.9. The highest BCUT2D eigenvalue weighted by molar-refractivity contribution is 9.10. The molecule has 1 aromatic heterocycles. The summed E-state index contributed by atoms with van der Waals surface area (Å²) >= 11 is 5.14. The SMILES string of the molecule is OCC(Nc1ccc(Br)cc1)c1csc2ccccc12. The number of hydrogen-bond donors (Lipinski definition) is 2. The zero-order valence-corrected chi connectivity index (χ0v) is 13.1. The fourth-order valence-electron chi connectivity index (χ4n) is 2.24. The van der Waals surface area contributed by atoms with E-state index in [1.54, 1.807) is 11.3 Å². The van der Waals surface area contributed by atoms with Crippen molar-refractivity contribution in [3.8, 4) is 0 Å². The van der Waals surface area contributed by atoms with Crippen molar-refractivity contribution in [3.63, 3.8) is 0 Å². The van der Waals surface area contributed by atoms with E-state index in [2.05, 4.69) is 38.8 Å². The van der Waals surface area contributed by atoms with Gasteiger partial charge in [-0.25, -0.2) is 0 Å². The van der Waals surface area contributed by atoms with Gasteiger partial charge in [-0.2, -0.15) is 0 Å². The molecule has 0 aliphatic rings. The van der Waals surface area contributed by atoms with Crippen molar-refractivity contribution in [1.82, 2.24) is 0 Å². The molecule has 102 valence electrons. The van der Waals surface area contributed by atoms with Gasteiger partial charge in [-0.05, 0) is 46.7 Å². The first-order chi connectivity index (χ1) is 9.78. The van der Waals surface area contributed by atoms with Crippen molar-refractivity contribution in [2.75, 3.05) is 11.9 Å². The largest absolute Gasteiger partial charge is 0.394 e. The molecule has 0 aliphatic heterocycles. The molecule has 3 aromatic rings. The van der Waals surface area contributed by atoms with Crippen LogP contribution in [0.25, 0.3) is 10.1 Å². The maximum absolute atomic E-state index is 9.71. The lowest BCUT2D eigenvalue weighted by atomic mass is 10.1. The van der Waals surface area contributed by atoms with Gasteiger partial charge < -0.3 is 10.4 Å². The van der Waals surface area contributed by atoms with Gasteiger partial charge in [0.05, 0.1) is 12.6 Å². The number of fused-ring (bicyclic) bond motifs is 1. The summed E-state index contributed by atoms with van der Waals surface area (Å²) in [5.74, 6) is 0. The van der Waals surface area contributed by atoms with Gasteiger partial charge in [0.15, 0.2) is 0 Å². The monoisotopic (exact) mass is 347 g/mol. The molecule has 0 radical (unpaired) electrons. The van der Waals surface area contributed by atoms with Crippen LogP contribution in [0.4, 0.5) is 5.69 Å². The quantitative estimate of drug-likeness (QED) is 0.709. The molecule has 1 atom stereocenters. The summed E-state index contributed by atoms with van der Waals surface area (Å²) in [6.07, 6.45) is 0. The Hall–Kier alpha value is -1.36. The normalized spacial score (nSPS) is 12.5. The number of aliphatic hydroxyl groups excluding tert-OH is 1. The first-order valence-corrected chi connectivity index (χ1v) is 8.04. The molecule has 20 heavy (non-hydrogen) atoms. The van der Waals surface area contributed by atoms with Gasteiger partial charge in [0.2, 0.25) is 0 Å². The smallest absolute Gasteiger partial charge is 0.0759 e. The van der Waals surface area contributed by atoms with E-state index in [-0.39, 0.29) is 12.6 Å². The standard InChI is InChI=1S/C16H14BrNOS/c17-11-5-7-12(8-6-11)18-15(9-19)14-10-20-16-4-2-1-3-13(14)16/h1-8,10,15,18-19H,9H2. The summed E-state index contributed by atoms with van der Waals surface area (Å²) in [5, 5.41) is 16.4. The Morgan fingerprint density at radius 3 is 2.60 bits per heavy atom. The fourth-order valence-corrected chi connectivity index (χ4v) is 3.52. The van der Waals surface area contributed by atoms with Gasteiger partial charge in [0.25, 0.3) is 0 Å². The fraction of sp³-hybridized carbons (Fsp3) is 0.125. The molecule has 2 N–H and O–H groups in total. The van der Waals surface area contributed by atoms with Crippen LogP contribution in [-0.2, 0) is 0 Å². The zero-order valence-electron chi connectivity index (χ0n) is 10.7. The average Bonchev–Trinajstić information content (AvgIpc) is 2.91. The summed E-state index contributed by atoms with van der Waals surface area (Å²) in [6, 6.07) is 16.2. The highest BCUT2D eigenvalue weighted by Gasteiger charge is 2.14. The van der Waals surface area contributed by atoms with Crippen molar-refractivity contribution in [2.24, 2.45) is 0 Å². The molecule has 0 amide bonds.